The number of nitrogens with zero attached hydrogens (tertiary/aromatic N) is 1. The first-order valence-corrected chi connectivity index (χ1v) is 5.20. The molecule has 0 amide bonds. The summed E-state index contributed by atoms with van der Waals surface area (Å²) >= 11 is 5.98. The van der Waals surface area contributed by atoms with Gasteiger partial charge in [0.15, 0.2) is 0 Å². The van der Waals surface area contributed by atoms with Crippen molar-refractivity contribution in [1.82, 2.24) is 0 Å². The van der Waals surface area contributed by atoms with E-state index in [1.807, 2.05) is 31.2 Å². The maximum absolute atomic E-state index is 10.6. The smallest absolute Gasteiger partial charge is 0.346 e. The molecule has 1 rings (SSSR count). The molecular weight excluding hydrogens is 238 g/mol. The van der Waals surface area contributed by atoms with E-state index in [2.05, 4.69) is 0 Å². The molecule has 0 aromatic heterocycles. The van der Waals surface area contributed by atoms with E-state index in [0.717, 1.165) is 11.1 Å². The van der Waals surface area contributed by atoms with Crippen molar-refractivity contribution in [1.29, 1.82) is 5.26 Å². The highest BCUT2D eigenvalue weighted by atomic mass is 35.5. The van der Waals surface area contributed by atoms with E-state index in [0.29, 0.717) is 5.03 Å². The van der Waals surface area contributed by atoms with Crippen molar-refractivity contribution in [3.05, 3.63) is 53.1 Å². The lowest BCUT2D eigenvalue weighted by Crippen LogP contribution is -1.96. The molecule has 1 aromatic rings. The Balaban J connectivity index is 2.98. The van der Waals surface area contributed by atoms with Gasteiger partial charge in [-0.05, 0) is 24.6 Å². The van der Waals surface area contributed by atoms with Crippen LogP contribution in [0.25, 0.3) is 5.03 Å². The van der Waals surface area contributed by atoms with Gasteiger partial charge >= 0.3 is 5.97 Å². The average molecular weight is 248 g/mol. The predicted molar refractivity (Wildman–Crippen MR) is 66.3 cm³/mol. The highest BCUT2D eigenvalue weighted by Gasteiger charge is 2.04. The normalized spacial score (nSPS) is 12.1. The summed E-state index contributed by atoms with van der Waals surface area (Å²) in [4.78, 5) is 10.6. The van der Waals surface area contributed by atoms with Gasteiger partial charge in [0.05, 0.1) is 0 Å². The van der Waals surface area contributed by atoms with E-state index < -0.39 is 5.97 Å². The van der Waals surface area contributed by atoms with Crippen LogP contribution in [0.15, 0.2) is 42.0 Å². The van der Waals surface area contributed by atoms with E-state index in [1.165, 1.54) is 12.2 Å². The second kappa shape index (κ2) is 5.88. The van der Waals surface area contributed by atoms with E-state index in [-0.39, 0.29) is 5.57 Å². The topological polar surface area (TPSA) is 61.1 Å². The maximum Gasteiger partial charge on any atom is 0.346 e. The molecule has 1 aromatic carbocycles. The number of carboxylic acid groups (broad SMARTS) is 1. The van der Waals surface area contributed by atoms with Gasteiger partial charge in [-0.25, -0.2) is 4.79 Å². The minimum absolute atomic E-state index is 0.352. The van der Waals surface area contributed by atoms with Gasteiger partial charge in [0.25, 0.3) is 0 Å². The summed E-state index contributed by atoms with van der Waals surface area (Å²) in [6.07, 6.45) is 2.59. The quantitative estimate of drug-likeness (QED) is 0.507. The summed E-state index contributed by atoms with van der Waals surface area (Å²) in [5, 5.41) is 17.6. The molecule has 0 unspecified atom stereocenters. The highest BCUT2D eigenvalue weighted by Crippen LogP contribution is 2.19. The Labute approximate surface area is 104 Å². The fourth-order valence-corrected chi connectivity index (χ4v) is 1.31. The van der Waals surface area contributed by atoms with Crippen LogP contribution in [0.4, 0.5) is 0 Å². The van der Waals surface area contributed by atoms with E-state index in [1.54, 1.807) is 6.07 Å². The monoisotopic (exact) mass is 247 g/mol. The zero-order chi connectivity index (χ0) is 12.8. The Bertz CT molecular complexity index is 521. The number of allylic oxidation sites excluding steroid dienone is 2. The molecule has 4 heteroatoms. The molecule has 0 heterocycles. The summed E-state index contributed by atoms with van der Waals surface area (Å²) in [5.41, 5.74) is 1.53. The molecule has 0 saturated carbocycles. The van der Waals surface area contributed by atoms with Crippen molar-refractivity contribution < 1.29 is 9.90 Å². The Morgan fingerprint density at radius 1 is 1.35 bits per heavy atom. The molecular formula is C13H10ClNO2. The van der Waals surface area contributed by atoms with Crippen LogP contribution in [0.3, 0.4) is 0 Å². The number of rotatable bonds is 3. The molecule has 0 aliphatic heterocycles. The third-order valence-corrected chi connectivity index (χ3v) is 2.42. The summed E-state index contributed by atoms with van der Waals surface area (Å²) in [6, 6.07) is 9.03. The average Bonchev–Trinajstić information content (AvgIpc) is 2.30. The fraction of sp³-hybridized carbons (Fsp3) is 0.0769. The van der Waals surface area contributed by atoms with Gasteiger partial charge in [-0.15, -0.1) is 0 Å². The Morgan fingerprint density at radius 2 is 1.94 bits per heavy atom. The number of hydrogen-bond acceptors (Lipinski definition) is 2. The summed E-state index contributed by atoms with van der Waals surface area (Å²) in [6.45, 7) is 1.96. The summed E-state index contributed by atoms with van der Waals surface area (Å²) < 4.78 is 0. The van der Waals surface area contributed by atoms with Crippen molar-refractivity contribution in [3.8, 4) is 6.07 Å². The zero-order valence-electron chi connectivity index (χ0n) is 9.14. The Morgan fingerprint density at radius 3 is 2.41 bits per heavy atom. The van der Waals surface area contributed by atoms with Gasteiger partial charge in [0.2, 0.25) is 0 Å². The SMILES string of the molecule is Cc1ccc(/C(Cl)=C\C=C(/C#N)C(=O)O)cc1. The minimum Gasteiger partial charge on any atom is -0.477 e. The van der Waals surface area contributed by atoms with Gasteiger partial charge in [-0.3, -0.25) is 0 Å². The van der Waals surface area contributed by atoms with E-state index >= 15 is 0 Å². The van der Waals surface area contributed by atoms with Gasteiger partial charge in [-0.1, -0.05) is 41.4 Å². The largest absolute Gasteiger partial charge is 0.477 e. The Hall–Kier alpha value is -2.05. The van der Waals surface area contributed by atoms with Crippen LogP contribution in [-0.4, -0.2) is 11.1 Å². The van der Waals surface area contributed by atoms with Crippen molar-refractivity contribution in [2.75, 3.05) is 0 Å². The molecule has 0 bridgehead atoms. The molecule has 0 fully saturated rings. The lowest BCUT2D eigenvalue weighted by Gasteiger charge is -1.98. The lowest BCUT2D eigenvalue weighted by atomic mass is 10.1. The second-order valence-corrected chi connectivity index (χ2v) is 3.79. The Kier molecular flexibility index (Phi) is 4.50. The fourth-order valence-electron chi connectivity index (χ4n) is 1.12. The van der Waals surface area contributed by atoms with Crippen molar-refractivity contribution in [2.45, 2.75) is 6.92 Å². The number of halogens is 1. The van der Waals surface area contributed by atoms with Crippen LogP contribution < -0.4 is 0 Å². The number of aryl methyl sites for hydroxylation is 1. The first kappa shape index (κ1) is 13.0. The first-order valence-electron chi connectivity index (χ1n) is 4.82. The molecule has 0 aliphatic carbocycles. The molecule has 3 nitrogen and oxygen atoms in total. The van der Waals surface area contributed by atoms with E-state index in [4.69, 9.17) is 22.0 Å². The number of carboxylic acids is 1. The number of benzene rings is 1. The second-order valence-electron chi connectivity index (χ2n) is 3.38. The molecule has 17 heavy (non-hydrogen) atoms. The van der Waals surface area contributed by atoms with Gasteiger partial charge in [0.1, 0.15) is 11.6 Å². The van der Waals surface area contributed by atoms with Gasteiger partial charge in [0, 0.05) is 5.03 Å². The standard InChI is InChI=1S/C13H10ClNO2/c1-9-2-4-10(5-3-9)12(14)7-6-11(8-15)13(16)17/h2-7H,1H3,(H,16,17)/b11-6+,12-7+. The van der Waals surface area contributed by atoms with Gasteiger partial charge in [-0.2, -0.15) is 5.26 Å². The zero-order valence-corrected chi connectivity index (χ0v) is 9.90. The summed E-state index contributed by atoms with van der Waals surface area (Å²) in [7, 11) is 0. The van der Waals surface area contributed by atoms with E-state index in [9.17, 15) is 4.79 Å². The molecule has 0 spiro atoms. The number of hydrogen-bond donors (Lipinski definition) is 1. The minimum atomic E-state index is -1.27. The maximum atomic E-state index is 10.6. The van der Waals surface area contributed by atoms with Crippen LogP contribution >= 0.6 is 11.6 Å². The predicted octanol–water partition coefficient (Wildman–Crippen LogP) is 3.11. The third kappa shape index (κ3) is 3.78. The number of carbonyl (C=O) groups is 1. The van der Waals surface area contributed by atoms with Gasteiger partial charge < -0.3 is 5.11 Å². The van der Waals surface area contributed by atoms with Crippen LogP contribution in [0.1, 0.15) is 11.1 Å². The third-order valence-electron chi connectivity index (χ3n) is 2.07. The molecule has 0 atom stereocenters. The summed E-state index contributed by atoms with van der Waals surface area (Å²) in [5.74, 6) is -1.27. The van der Waals surface area contributed by atoms with Crippen LogP contribution in [-0.2, 0) is 4.79 Å². The molecule has 0 aliphatic rings. The van der Waals surface area contributed by atoms with Crippen LogP contribution in [0, 0.1) is 18.3 Å². The first-order chi connectivity index (χ1) is 8.04. The number of nitriles is 1. The van der Waals surface area contributed by atoms with Crippen molar-refractivity contribution in [3.63, 3.8) is 0 Å². The van der Waals surface area contributed by atoms with Crippen LogP contribution in [0.5, 0.6) is 0 Å². The van der Waals surface area contributed by atoms with Crippen molar-refractivity contribution in [2.24, 2.45) is 0 Å². The molecule has 0 saturated heterocycles. The highest BCUT2D eigenvalue weighted by molar-refractivity contribution is 6.48. The van der Waals surface area contributed by atoms with Crippen LogP contribution in [0.2, 0.25) is 0 Å². The molecule has 1 N–H and O–H groups in total. The molecule has 86 valence electrons. The number of aliphatic carboxylic acids is 1. The molecule has 0 radical (unpaired) electrons. The lowest BCUT2D eigenvalue weighted by molar-refractivity contribution is -0.132. The van der Waals surface area contributed by atoms with Crippen molar-refractivity contribution >= 4 is 22.6 Å².